The first-order valence-corrected chi connectivity index (χ1v) is 6.68. The van der Waals surface area contributed by atoms with Crippen molar-refractivity contribution in [1.29, 1.82) is 0 Å². The highest BCUT2D eigenvalue weighted by Gasteiger charge is 2.09. The lowest BCUT2D eigenvalue weighted by Crippen LogP contribution is -2.30. The number of nitrogens with one attached hydrogen (secondary N) is 1. The third kappa shape index (κ3) is 4.78. The van der Waals surface area contributed by atoms with Crippen molar-refractivity contribution in [3.05, 3.63) is 16.1 Å². The SMILES string of the molecule is CC#CCCC(Cc1csc(C)n1)NCC. The molecule has 1 rings (SSSR count). The van der Waals surface area contributed by atoms with E-state index in [0.717, 1.165) is 30.8 Å². The number of hydrogen-bond acceptors (Lipinski definition) is 3. The standard InChI is InChI=1S/C13H20N2S/c1-4-6-7-8-12(14-5-2)9-13-10-16-11(3)15-13/h10,12,14H,5,7-9H2,1-3H3. The van der Waals surface area contributed by atoms with Gasteiger partial charge < -0.3 is 5.32 Å². The Hall–Kier alpha value is -0.850. The molecule has 16 heavy (non-hydrogen) atoms. The van der Waals surface area contributed by atoms with E-state index in [1.807, 2.05) is 6.92 Å². The summed E-state index contributed by atoms with van der Waals surface area (Å²) in [6.45, 7) is 7.10. The summed E-state index contributed by atoms with van der Waals surface area (Å²) >= 11 is 1.73. The van der Waals surface area contributed by atoms with Crippen LogP contribution in [0.15, 0.2) is 5.38 Å². The lowest BCUT2D eigenvalue weighted by atomic mass is 10.1. The van der Waals surface area contributed by atoms with Gasteiger partial charge in [0.2, 0.25) is 0 Å². The lowest BCUT2D eigenvalue weighted by molar-refractivity contribution is 0.493. The van der Waals surface area contributed by atoms with E-state index in [-0.39, 0.29) is 0 Å². The molecule has 0 aromatic carbocycles. The van der Waals surface area contributed by atoms with E-state index in [0.29, 0.717) is 6.04 Å². The highest BCUT2D eigenvalue weighted by Crippen LogP contribution is 2.11. The Morgan fingerprint density at radius 3 is 2.94 bits per heavy atom. The summed E-state index contributed by atoms with van der Waals surface area (Å²) in [5.41, 5.74) is 1.21. The highest BCUT2D eigenvalue weighted by atomic mass is 32.1. The molecule has 1 N–H and O–H groups in total. The van der Waals surface area contributed by atoms with Crippen LogP contribution in [0.2, 0.25) is 0 Å². The normalized spacial score (nSPS) is 11.9. The third-order valence-corrected chi connectivity index (χ3v) is 3.23. The van der Waals surface area contributed by atoms with Crippen molar-refractivity contribution in [3.63, 3.8) is 0 Å². The van der Waals surface area contributed by atoms with E-state index in [1.165, 1.54) is 5.69 Å². The van der Waals surface area contributed by atoms with Crippen LogP contribution in [-0.2, 0) is 6.42 Å². The maximum absolute atomic E-state index is 4.50. The van der Waals surface area contributed by atoms with E-state index < -0.39 is 0 Å². The number of likely N-dealkylation sites (N-methyl/N-ethyl adjacent to an activating group) is 1. The topological polar surface area (TPSA) is 24.9 Å². The van der Waals surface area contributed by atoms with Gasteiger partial charge in [0.25, 0.3) is 0 Å². The van der Waals surface area contributed by atoms with Gasteiger partial charge in [-0.2, -0.15) is 0 Å². The first kappa shape index (κ1) is 13.2. The van der Waals surface area contributed by atoms with Gasteiger partial charge in [-0.25, -0.2) is 4.98 Å². The Bertz CT molecular complexity index is 359. The van der Waals surface area contributed by atoms with Crippen molar-refractivity contribution in [2.24, 2.45) is 0 Å². The molecule has 0 radical (unpaired) electrons. The largest absolute Gasteiger partial charge is 0.314 e. The van der Waals surface area contributed by atoms with Crippen molar-refractivity contribution >= 4 is 11.3 Å². The first-order chi connectivity index (χ1) is 7.76. The molecule has 0 spiro atoms. The van der Waals surface area contributed by atoms with Crippen LogP contribution in [0.25, 0.3) is 0 Å². The van der Waals surface area contributed by atoms with Crippen molar-refractivity contribution < 1.29 is 0 Å². The summed E-state index contributed by atoms with van der Waals surface area (Å²) in [6, 6.07) is 0.507. The van der Waals surface area contributed by atoms with Gasteiger partial charge in [0.15, 0.2) is 0 Å². The molecule has 0 bridgehead atoms. The van der Waals surface area contributed by atoms with Crippen LogP contribution in [0.4, 0.5) is 0 Å². The average Bonchev–Trinajstić information content (AvgIpc) is 2.65. The molecule has 0 aliphatic carbocycles. The summed E-state index contributed by atoms with van der Waals surface area (Å²) in [5, 5.41) is 6.81. The fraction of sp³-hybridized carbons (Fsp3) is 0.615. The second kappa shape index (κ2) is 7.43. The van der Waals surface area contributed by atoms with E-state index in [1.54, 1.807) is 11.3 Å². The van der Waals surface area contributed by atoms with E-state index in [4.69, 9.17) is 0 Å². The first-order valence-electron chi connectivity index (χ1n) is 5.80. The van der Waals surface area contributed by atoms with Gasteiger partial charge in [-0.3, -0.25) is 0 Å². The molecule has 0 amide bonds. The second-order valence-electron chi connectivity index (χ2n) is 3.78. The number of aryl methyl sites for hydroxylation is 1. The molecule has 0 aliphatic rings. The van der Waals surface area contributed by atoms with Crippen molar-refractivity contribution in [2.45, 2.75) is 46.1 Å². The number of rotatable bonds is 6. The quantitative estimate of drug-likeness (QED) is 0.768. The van der Waals surface area contributed by atoms with E-state index in [9.17, 15) is 0 Å². The van der Waals surface area contributed by atoms with Gasteiger partial charge >= 0.3 is 0 Å². The fourth-order valence-corrected chi connectivity index (χ4v) is 2.32. The summed E-state index contributed by atoms with van der Waals surface area (Å²) in [5.74, 6) is 6.06. The maximum Gasteiger partial charge on any atom is 0.0897 e. The van der Waals surface area contributed by atoms with Gasteiger partial charge in [-0.05, 0) is 26.8 Å². The van der Waals surface area contributed by atoms with Crippen LogP contribution >= 0.6 is 11.3 Å². The van der Waals surface area contributed by atoms with Gasteiger partial charge in [0, 0.05) is 24.3 Å². The zero-order valence-electron chi connectivity index (χ0n) is 10.3. The van der Waals surface area contributed by atoms with Gasteiger partial charge in [0.05, 0.1) is 10.7 Å². The van der Waals surface area contributed by atoms with Crippen LogP contribution < -0.4 is 5.32 Å². The Morgan fingerprint density at radius 2 is 2.38 bits per heavy atom. The van der Waals surface area contributed by atoms with Gasteiger partial charge in [0.1, 0.15) is 0 Å². The summed E-state index contributed by atoms with van der Waals surface area (Å²) in [6.07, 6.45) is 3.09. The Labute approximate surface area is 102 Å². The Balaban J connectivity index is 2.45. The number of aromatic nitrogens is 1. The van der Waals surface area contributed by atoms with Crippen LogP contribution in [0, 0.1) is 18.8 Å². The van der Waals surface area contributed by atoms with Crippen LogP contribution in [0.5, 0.6) is 0 Å². The van der Waals surface area contributed by atoms with E-state index >= 15 is 0 Å². The van der Waals surface area contributed by atoms with Crippen LogP contribution in [-0.4, -0.2) is 17.6 Å². The number of hydrogen-bond donors (Lipinski definition) is 1. The van der Waals surface area contributed by atoms with Crippen molar-refractivity contribution in [3.8, 4) is 11.8 Å². The lowest BCUT2D eigenvalue weighted by Gasteiger charge is -2.15. The van der Waals surface area contributed by atoms with E-state index in [2.05, 4.69) is 41.4 Å². The Kier molecular flexibility index (Phi) is 6.14. The fourth-order valence-electron chi connectivity index (χ4n) is 1.69. The molecule has 0 fully saturated rings. The summed E-state index contributed by atoms with van der Waals surface area (Å²) in [7, 11) is 0. The minimum absolute atomic E-state index is 0.507. The van der Waals surface area contributed by atoms with Crippen LogP contribution in [0.3, 0.4) is 0 Å². The van der Waals surface area contributed by atoms with Gasteiger partial charge in [-0.1, -0.05) is 6.92 Å². The summed E-state index contributed by atoms with van der Waals surface area (Å²) in [4.78, 5) is 4.50. The van der Waals surface area contributed by atoms with Gasteiger partial charge in [-0.15, -0.1) is 23.2 Å². The Morgan fingerprint density at radius 1 is 1.56 bits per heavy atom. The molecular formula is C13H20N2S. The average molecular weight is 236 g/mol. The monoisotopic (exact) mass is 236 g/mol. The molecule has 0 saturated carbocycles. The van der Waals surface area contributed by atoms with Crippen molar-refractivity contribution in [1.82, 2.24) is 10.3 Å². The predicted molar refractivity (Wildman–Crippen MR) is 70.7 cm³/mol. The molecule has 1 atom stereocenters. The minimum atomic E-state index is 0.507. The molecule has 1 heterocycles. The zero-order valence-corrected chi connectivity index (χ0v) is 11.2. The van der Waals surface area contributed by atoms with Crippen LogP contribution in [0.1, 0.15) is 37.4 Å². The molecule has 2 nitrogen and oxygen atoms in total. The zero-order chi connectivity index (χ0) is 11.8. The molecule has 0 aliphatic heterocycles. The molecule has 1 aromatic rings. The molecule has 1 aromatic heterocycles. The smallest absolute Gasteiger partial charge is 0.0897 e. The minimum Gasteiger partial charge on any atom is -0.314 e. The third-order valence-electron chi connectivity index (χ3n) is 2.41. The number of thiazole rings is 1. The molecule has 3 heteroatoms. The molecule has 88 valence electrons. The predicted octanol–water partition coefficient (Wildman–Crippen LogP) is 2.78. The summed E-state index contributed by atoms with van der Waals surface area (Å²) < 4.78 is 0. The maximum atomic E-state index is 4.50. The van der Waals surface area contributed by atoms with Crippen molar-refractivity contribution in [2.75, 3.05) is 6.54 Å². The molecule has 1 unspecified atom stereocenters. The second-order valence-corrected chi connectivity index (χ2v) is 4.84. The number of nitrogens with zero attached hydrogens (tertiary/aromatic N) is 1. The highest BCUT2D eigenvalue weighted by molar-refractivity contribution is 7.09. The molecule has 0 saturated heterocycles. The molecular weight excluding hydrogens is 216 g/mol.